The maximum absolute atomic E-state index is 12.7. The number of hydrogen-bond acceptors (Lipinski definition) is 3. The van der Waals surface area contributed by atoms with E-state index in [4.69, 9.17) is 11.6 Å². The number of nitrogens with zero attached hydrogens (tertiary/aromatic N) is 1. The van der Waals surface area contributed by atoms with Crippen LogP contribution in [0, 0.1) is 34.5 Å². The average Bonchev–Trinajstić information content (AvgIpc) is 2.61. The third kappa shape index (κ3) is 3.71. The zero-order chi connectivity index (χ0) is 19.0. The third-order valence-electron chi connectivity index (χ3n) is 6.92. The Bertz CT molecular complexity index is 775. The van der Waals surface area contributed by atoms with Crippen LogP contribution in [0.2, 0.25) is 5.02 Å². The zero-order valence-corrected chi connectivity index (χ0v) is 16.4. The molecule has 0 saturated heterocycles. The molecule has 1 unspecified atom stereocenters. The number of hydrogen-bond donors (Lipinski definition) is 2. The normalized spacial score (nSPS) is 32.6. The quantitative estimate of drug-likeness (QED) is 0.562. The lowest BCUT2D eigenvalue weighted by molar-refractivity contribution is -0.122. The first-order valence-electron chi connectivity index (χ1n) is 9.91. The Hall–Kier alpha value is -1.99. The molecule has 0 radical (unpaired) electrons. The zero-order valence-electron chi connectivity index (χ0n) is 15.7. The highest BCUT2D eigenvalue weighted by Crippen LogP contribution is 2.61. The molecule has 27 heavy (non-hydrogen) atoms. The predicted molar refractivity (Wildman–Crippen MR) is 107 cm³/mol. The van der Waals surface area contributed by atoms with E-state index in [1.807, 2.05) is 18.2 Å². The first-order chi connectivity index (χ1) is 13.0. The summed E-state index contributed by atoms with van der Waals surface area (Å²) in [7, 11) is 0. The van der Waals surface area contributed by atoms with Crippen molar-refractivity contribution in [1.29, 1.82) is 5.26 Å². The van der Waals surface area contributed by atoms with Crippen molar-refractivity contribution in [2.45, 2.75) is 51.5 Å². The molecule has 4 aliphatic carbocycles. The van der Waals surface area contributed by atoms with E-state index in [-0.39, 0.29) is 22.9 Å². The minimum Gasteiger partial charge on any atom is -0.360 e. The van der Waals surface area contributed by atoms with Crippen LogP contribution in [-0.4, -0.2) is 11.9 Å². The Morgan fingerprint density at radius 1 is 1.26 bits per heavy atom. The molecule has 1 amide bonds. The fourth-order valence-electron chi connectivity index (χ4n) is 6.02. The molecule has 1 atom stereocenters. The van der Waals surface area contributed by atoms with Gasteiger partial charge in [-0.1, -0.05) is 17.7 Å². The SMILES string of the molecule is CC(NC(=O)/C(C#N)=C\Nc1cccc(Cl)c1)C12CC3CC(CC(C3)C1)C2. The van der Waals surface area contributed by atoms with Gasteiger partial charge < -0.3 is 10.6 Å². The molecule has 1 aromatic rings. The van der Waals surface area contributed by atoms with Gasteiger partial charge in [0.15, 0.2) is 0 Å². The van der Waals surface area contributed by atoms with Gasteiger partial charge in [-0.25, -0.2) is 0 Å². The van der Waals surface area contributed by atoms with Crippen molar-refractivity contribution in [2.24, 2.45) is 23.2 Å². The summed E-state index contributed by atoms with van der Waals surface area (Å²) in [5.74, 6) is 2.22. The molecule has 4 fully saturated rings. The van der Waals surface area contributed by atoms with Crippen LogP contribution in [0.4, 0.5) is 5.69 Å². The molecular weight excluding hydrogens is 358 g/mol. The number of carbonyl (C=O) groups is 1. The van der Waals surface area contributed by atoms with Crippen LogP contribution in [0.15, 0.2) is 36.0 Å². The standard InChI is InChI=1S/C22H26ClN3O/c1-14(22-9-15-5-16(10-22)7-17(6-15)11-22)26-21(27)18(12-24)13-25-20-4-2-3-19(23)8-20/h2-4,8,13-17,25H,5-7,9-11H2,1H3,(H,26,27)/b18-13-. The molecule has 0 aliphatic heterocycles. The van der Waals surface area contributed by atoms with Gasteiger partial charge in [-0.3, -0.25) is 4.79 Å². The first-order valence-corrected chi connectivity index (χ1v) is 10.3. The van der Waals surface area contributed by atoms with Crippen molar-refractivity contribution in [1.82, 2.24) is 5.32 Å². The van der Waals surface area contributed by atoms with E-state index < -0.39 is 0 Å². The predicted octanol–water partition coefficient (Wildman–Crippen LogP) is 4.88. The summed E-state index contributed by atoms with van der Waals surface area (Å²) in [6, 6.07) is 9.31. The number of nitriles is 1. The van der Waals surface area contributed by atoms with E-state index in [0.717, 1.165) is 23.4 Å². The minimum atomic E-state index is -0.296. The van der Waals surface area contributed by atoms with Gasteiger partial charge in [-0.2, -0.15) is 5.26 Å². The highest BCUT2D eigenvalue weighted by atomic mass is 35.5. The van der Waals surface area contributed by atoms with E-state index in [2.05, 4.69) is 17.6 Å². The van der Waals surface area contributed by atoms with E-state index >= 15 is 0 Å². The van der Waals surface area contributed by atoms with Crippen LogP contribution >= 0.6 is 11.6 Å². The van der Waals surface area contributed by atoms with E-state index in [1.54, 1.807) is 12.1 Å². The largest absolute Gasteiger partial charge is 0.360 e. The summed E-state index contributed by atoms with van der Waals surface area (Å²) in [6.45, 7) is 2.13. The number of benzene rings is 1. The summed E-state index contributed by atoms with van der Waals surface area (Å²) >= 11 is 5.97. The maximum atomic E-state index is 12.7. The summed E-state index contributed by atoms with van der Waals surface area (Å²) < 4.78 is 0. The monoisotopic (exact) mass is 383 g/mol. The van der Waals surface area contributed by atoms with Gasteiger partial charge in [0.25, 0.3) is 5.91 Å². The molecule has 4 saturated carbocycles. The maximum Gasteiger partial charge on any atom is 0.263 e. The van der Waals surface area contributed by atoms with Gasteiger partial charge in [-0.05, 0) is 86.8 Å². The van der Waals surface area contributed by atoms with E-state index in [0.29, 0.717) is 5.02 Å². The van der Waals surface area contributed by atoms with Gasteiger partial charge in [0.2, 0.25) is 0 Å². The van der Waals surface area contributed by atoms with E-state index in [1.165, 1.54) is 44.7 Å². The first kappa shape index (κ1) is 18.4. The van der Waals surface area contributed by atoms with Gasteiger partial charge >= 0.3 is 0 Å². The van der Waals surface area contributed by atoms with Crippen molar-refractivity contribution >= 4 is 23.2 Å². The Labute approximate surface area is 166 Å². The Morgan fingerprint density at radius 3 is 2.44 bits per heavy atom. The number of halogens is 1. The molecule has 0 aromatic heterocycles. The van der Waals surface area contributed by atoms with Crippen LogP contribution in [0.1, 0.15) is 45.4 Å². The highest BCUT2D eigenvalue weighted by Gasteiger charge is 2.53. The number of nitrogens with one attached hydrogen (secondary N) is 2. The van der Waals surface area contributed by atoms with Gasteiger partial charge in [0.1, 0.15) is 11.6 Å². The van der Waals surface area contributed by atoms with Gasteiger partial charge in [0, 0.05) is 23.0 Å². The molecule has 4 bridgehead atoms. The number of rotatable bonds is 5. The number of anilines is 1. The fourth-order valence-corrected chi connectivity index (χ4v) is 6.21. The molecule has 5 rings (SSSR count). The molecule has 0 spiro atoms. The second kappa shape index (κ2) is 7.20. The van der Waals surface area contributed by atoms with Crippen molar-refractivity contribution in [2.75, 3.05) is 5.32 Å². The number of carbonyl (C=O) groups excluding carboxylic acids is 1. The lowest BCUT2D eigenvalue weighted by Crippen LogP contribution is -2.56. The molecular formula is C22H26ClN3O. The van der Waals surface area contributed by atoms with Gasteiger partial charge in [-0.15, -0.1) is 0 Å². The molecule has 4 nitrogen and oxygen atoms in total. The minimum absolute atomic E-state index is 0.0894. The lowest BCUT2D eigenvalue weighted by atomic mass is 9.48. The van der Waals surface area contributed by atoms with E-state index in [9.17, 15) is 10.1 Å². The Balaban J connectivity index is 1.43. The molecule has 4 aliphatic rings. The Morgan fingerprint density at radius 2 is 1.89 bits per heavy atom. The summed E-state index contributed by atoms with van der Waals surface area (Å²) in [6.07, 6.45) is 9.30. The van der Waals surface area contributed by atoms with Crippen molar-refractivity contribution in [3.05, 3.63) is 41.1 Å². The highest BCUT2D eigenvalue weighted by molar-refractivity contribution is 6.30. The lowest BCUT2D eigenvalue weighted by Gasteiger charge is -2.59. The summed E-state index contributed by atoms with van der Waals surface area (Å²) in [5, 5.41) is 16.2. The molecule has 2 N–H and O–H groups in total. The fraction of sp³-hybridized carbons (Fsp3) is 0.545. The average molecular weight is 384 g/mol. The molecule has 1 aromatic carbocycles. The van der Waals surface area contributed by atoms with Crippen molar-refractivity contribution in [3.63, 3.8) is 0 Å². The van der Waals surface area contributed by atoms with Crippen LogP contribution in [0.25, 0.3) is 0 Å². The molecule has 0 heterocycles. The Kier molecular flexibility index (Phi) is 4.90. The van der Waals surface area contributed by atoms with Crippen LogP contribution in [0.5, 0.6) is 0 Å². The van der Waals surface area contributed by atoms with Crippen molar-refractivity contribution < 1.29 is 4.79 Å². The van der Waals surface area contributed by atoms with Crippen LogP contribution in [-0.2, 0) is 4.79 Å². The number of amides is 1. The van der Waals surface area contributed by atoms with Crippen molar-refractivity contribution in [3.8, 4) is 6.07 Å². The smallest absolute Gasteiger partial charge is 0.263 e. The third-order valence-corrected chi connectivity index (χ3v) is 7.16. The molecule has 142 valence electrons. The topological polar surface area (TPSA) is 64.9 Å². The second-order valence-electron chi connectivity index (χ2n) is 8.80. The molecule has 5 heteroatoms. The van der Waals surface area contributed by atoms with Crippen LogP contribution in [0.3, 0.4) is 0 Å². The van der Waals surface area contributed by atoms with Gasteiger partial charge in [0.05, 0.1) is 0 Å². The summed E-state index contributed by atoms with van der Waals surface area (Å²) in [4.78, 5) is 12.7. The summed E-state index contributed by atoms with van der Waals surface area (Å²) in [5.41, 5.74) is 1.06. The second-order valence-corrected chi connectivity index (χ2v) is 9.24. The van der Waals surface area contributed by atoms with Crippen LogP contribution < -0.4 is 10.6 Å².